The number of hydrogen-bond donors (Lipinski definition) is 0. The molecule has 1 aliphatic heterocycles. The van der Waals surface area contributed by atoms with Crippen LogP contribution in [-0.4, -0.2) is 27.5 Å². The summed E-state index contributed by atoms with van der Waals surface area (Å²) in [6, 6.07) is 0. The molecule has 1 aliphatic rings. The molecule has 0 aromatic rings. The Kier molecular flexibility index (Phi) is 2.92. The molecule has 2 nitrogen and oxygen atoms in total. The molecular formula is C10H15NOS. The summed E-state index contributed by atoms with van der Waals surface area (Å²) in [7, 11) is 0. The first kappa shape index (κ1) is 10.5. The van der Waals surface area contributed by atoms with Crippen molar-refractivity contribution in [3.8, 4) is 12.3 Å². The number of carbonyl (C=O) groups excluding carboxylic acids is 1. The van der Waals surface area contributed by atoms with Gasteiger partial charge >= 0.3 is 0 Å². The third-order valence-corrected chi connectivity index (χ3v) is 3.17. The van der Waals surface area contributed by atoms with Crippen molar-refractivity contribution >= 4 is 17.7 Å². The van der Waals surface area contributed by atoms with Gasteiger partial charge in [-0.15, -0.1) is 18.2 Å². The Morgan fingerprint density at radius 1 is 1.69 bits per heavy atom. The summed E-state index contributed by atoms with van der Waals surface area (Å²) in [6.45, 7) is 6.89. The summed E-state index contributed by atoms with van der Waals surface area (Å²) in [6.07, 6.45) is 5.82. The number of terminal acetylenes is 1. The Labute approximate surface area is 84.1 Å². The zero-order valence-electron chi connectivity index (χ0n) is 8.33. The number of thioether (sulfide) groups is 1. The van der Waals surface area contributed by atoms with Crippen molar-refractivity contribution in [2.24, 2.45) is 0 Å². The van der Waals surface area contributed by atoms with Gasteiger partial charge in [0.1, 0.15) is 0 Å². The van der Waals surface area contributed by atoms with E-state index in [1.54, 1.807) is 16.7 Å². The second-order valence-electron chi connectivity index (χ2n) is 4.11. The highest BCUT2D eigenvalue weighted by molar-refractivity contribution is 8.01. The number of likely N-dealkylation sites (tertiary alicyclic amines) is 1. The Bertz CT molecular complexity index is 249. The van der Waals surface area contributed by atoms with Gasteiger partial charge < -0.3 is 4.90 Å². The van der Waals surface area contributed by atoms with Crippen LogP contribution in [0.3, 0.4) is 0 Å². The number of β-lactam (4-membered cyclic amide) rings is 1. The molecule has 0 aromatic heterocycles. The molecule has 1 fully saturated rings. The summed E-state index contributed by atoms with van der Waals surface area (Å²) in [4.78, 5) is 12.9. The van der Waals surface area contributed by atoms with Crippen LogP contribution < -0.4 is 0 Å². The third-order valence-electron chi connectivity index (χ3n) is 1.77. The van der Waals surface area contributed by atoms with Gasteiger partial charge in [0.2, 0.25) is 5.91 Å². The molecule has 0 radical (unpaired) electrons. The van der Waals surface area contributed by atoms with Gasteiger partial charge in [0, 0.05) is 4.75 Å². The fraction of sp³-hybridized carbons (Fsp3) is 0.700. The van der Waals surface area contributed by atoms with Gasteiger partial charge in [0.05, 0.1) is 18.3 Å². The Balaban J connectivity index is 2.46. The van der Waals surface area contributed by atoms with E-state index >= 15 is 0 Å². The number of nitrogens with zero attached hydrogens (tertiary/aromatic N) is 1. The molecule has 0 N–H and O–H groups in total. The van der Waals surface area contributed by atoms with Crippen LogP contribution in [0.15, 0.2) is 0 Å². The number of rotatable bonds is 2. The molecule has 1 unspecified atom stereocenters. The van der Waals surface area contributed by atoms with Gasteiger partial charge in [-0.3, -0.25) is 4.79 Å². The maximum atomic E-state index is 11.1. The third kappa shape index (κ3) is 2.67. The maximum absolute atomic E-state index is 11.1. The van der Waals surface area contributed by atoms with Crippen LogP contribution in [0.5, 0.6) is 0 Å². The molecule has 1 rings (SSSR count). The van der Waals surface area contributed by atoms with E-state index in [-0.39, 0.29) is 10.7 Å². The predicted molar refractivity (Wildman–Crippen MR) is 56.3 cm³/mol. The van der Waals surface area contributed by atoms with Crippen LogP contribution in [0.25, 0.3) is 0 Å². The van der Waals surface area contributed by atoms with Crippen LogP contribution in [0.2, 0.25) is 0 Å². The van der Waals surface area contributed by atoms with Gasteiger partial charge in [0.15, 0.2) is 0 Å². The SMILES string of the molecule is C#CCN1C(=O)CC1SC(C)(C)C. The lowest BCUT2D eigenvalue weighted by Gasteiger charge is -2.41. The second kappa shape index (κ2) is 3.63. The van der Waals surface area contributed by atoms with E-state index in [4.69, 9.17) is 6.42 Å². The van der Waals surface area contributed by atoms with Crippen LogP contribution in [0.4, 0.5) is 0 Å². The smallest absolute Gasteiger partial charge is 0.227 e. The molecule has 13 heavy (non-hydrogen) atoms. The van der Waals surface area contributed by atoms with Crippen molar-refractivity contribution in [3.63, 3.8) is 0 Å². The largest absolute Gasteiger partial charge is 0.319 e. The minimum Gasteiger partial charge on any atom is -0.319 e. The Hall–Kier alpha value is -0.620. The summed E-state index contributed by atoms with van der Waals surface area (Å²) < 4.78 is 0.193. The molecule has 0 bridgehead atoms. The lowest BCUT2D eigenvalue weighted by atomic mass is 10.2. The van der Waals surface area contributed by atoms with Crippen LogP contribution in [0.1, 0.15) is 27.2 Å². The van der Waals surface area contributed by atoms with Gasteiger partial charge in [-0.25, -0.2) is 0 Å². The lowest BCUT2D eigenvalue weighted by molar-refractivity contribution is -0.140. The molecule has 3 heteroatoms. The topological polar surface area (TPSA) is 20.3 Å². The fourth-order valence-corrected chi connectivity index (χ4v) is 2.59. The highest BCUT2D eigenvalue weighted by Gasteiger charge is 2.38. The van der Waals surface area contributed by atoms with Gasteiger partial charge in [-0.05, 0) is 0 Å². The monoisotopic (exact) mass is 197 g/mol. The first-order valence-corrected chi connectivity index (χ1v) is 5.23. The number of amides is 1. The van der Waals surface area contributed by atoms with E-state index in [1.165, 1.54) is 0 Å². The molecule has 0 aromatic carbocycles. The maximum Gasteiger partial charge on any atom is 0.227 e. The predicted octanol–water partition coefficient (Wildman–Crippen LogP) is 1.71. The van der Waals surface area contributed by atoms with Crippen LogP contribution in [0, 0.1) is 12.3 Å². The fourth-order valence-electron chi connectivity index (χ4n) is 1.23. The first-order valence-electron chi connectivity index (χ1n) is 4.35. The minimum absolute atomic E-state index is 0.180. The quantitative estimate of drug-likeness (QED) is 0.496. The second-order valence-corrected chi connectivity index (χ2v) is 6.12. The van der Waals surface area contributed by atoms with Crippen molar-refractivity contribution in [1.29, 1.82) is 0 Å². The minimum atomic E-state index is 0.180. The van der Waals surface area contributed by atoms with Gasteiger partial charge in [-0.1, -0.05) is 26.7 Å². The van der Waals surface area contributed by atoms with E-state index in [0.29, 0.717) is 18.3 Å². The van der Waals surface area contributed by atoms with E-state index < -0.39 is 0 Å². The Morgan fingerprint density at radius 3 is 2.69 bits per heavy atom. The molecule has 1 atom stereocenters. The molecule has 72 valence electrons. The number of carbonyl (C=O) groups is 1. The van der Waals surface area contributed by atoms with Crippen molar-refractivity contribution < 1.29 is 4.79 Å². The highest BCUT2D eigenvalue weighted by atomic mass is 32.2. The van der Waals surface area contributed by atoms with E-state index in [0.717, 1.165) is 0 Å². The summed E-state index contributed by atoms with van der Waals surface area (Å²) in [5, 5.41) is 0.295. The zero-order chi connectivity index (χ0) is 10.1. The number of hydrogen-bond acceptors (Lipinski definition) is 2. The summed E-state index contributed by atoms with van der Waals surface area (Å²) in [5.41, 5.74) is 0. The molecule has 1 heterocycles. The van der Waals surface area contributed by atoms with Crippen LogP contribution in [-0.2, 0) is 4.79 Å². The van der Waals surface area contributed by atoms with Crippen molar-refractivity contribution in [3.05, 3.63) is 0 Å². The van der Waals surface area contributed by atoms with Crippen molar-refractivity contribution in [2.75, 3.05) is 6.54 Å². The van der Waals surface area contributed by atoms with E-state index in [9.17, 15) is 4.79 Å². The first-order chi connectivity index (χ1) is 5.94. The molecule has 1 amide bonds. The van der Waals surface area contributed by atoms with Gasteiger partial charge in [0.25, 0.3) is 0 Å². The standard InChI is InChI=1S/C10H15NOS/c1-5-6-11-8(12)7-9(11)13-10(2,3)4/h1,9H,6-7H2,2-4H3. The van der Waals surface area contributed by atoms with E-state index in [2.05, 4.69) is 26.7 Å². The Morgan fingerprint density at radius 2 is 2.31 bits per heavy atom. The van der Waals surface area contributed by atoms with Crippen molar-refractivity contribution in [1.82, 2.24) is 4.90 Å². The average molecular weight is 197 g/mol. The van der Waals surface area contributed by atoms with Crippen molar-refractivity contribution in [2.45, 2.75) is 37.3 Å². The molecular weight excluding hydrogens is 182 g/mol. The molecule has 0 saturated carbocycles. The van der Waals surface area contributed by atoms with Crippen LogP contribution >= 0.6 is 11.8 Å². The highest BCUT2D eigenvalue weighted by Crippen LogP contribution is 2.37. The normalized spacial score (nSPS) is 22.5. The molecule has 1 saturated heterocycles. The zero-order valence-corrected chi connectivity index (χ0v) is 9.15. The molecule has 0 spiro atoms. The van der Waals surface area contributed by atoms with Gasteiger partial charge in [-0.2, -0.15) is 0 Å². The lowest BCUT2D eigenvalue weighted by Crippen LogP contribution is -2.51. The molecule has 0 aliphatic carbocycles. The summed E-state index contributed by atoms with van der Waals surface area (Å²) >= 11 is 1.80. The summed E-state index contributed by atoms with van der Waals surface area (Å²) in [5.74, 6) is 2.69. The van der Waals surface area contributed by atoms with E-state index in [1.807, 2.05) is 0 Å². The average Bonchev–Trinajstić information content (AvgIpc) is 1.97.